The molecule has 3 atom stereocenters. The fourth-order valence-corrected chi connectivity index (χ4v) is 3.16. The van der Waals surface area contributed by atoms with E-state index in [0.29, 0.717) is 23.9 Å². The molecule has 2 aliphatic rings. The molecule has 0 aromatic heterocycles. The number of hydrogen-bond acceptors (Lipinski definition) is 3. The average molecular weight is 272 g/mol. The fraction of sp³-hybridized carbons (Fsp3) is 0.500. The molecule has 4 heteroatoms. The molecular formula is C16H20N2O2. The van der Waals surface area contributed by atoms with Crippen molar-refractivity contribution >= 4 is 11.8 Å². The Balaban J connectivity index is 1.96. The predicted octanol–water partition coefficient (Wildman–Crippen LogP) is 1.76. The molecule has 20 heavy (non-hydrogen) atoms. The van der Waals surface area contributed by atoms with Crippen LogP contribution in [0, 0.1) is 11.8 Å². The Hall–Kier alpha value is -1.68. The third-order valence-corrected chi connectivity index (χ3v) is 4.65. The Morgan fingerprint density at radius 2 is 2.05 bits per heavy atom. The molecule has 106 valence electrons. The highest BCUT2D eigenvalue weighted by Crippen LogP contribution is 2.47. The zero-order chi connectivity index (χ0) is 14.4. The fourth-order valence-electron chi connectivity index (χ4n) is 3.16. The Kier molecular flexibility index (Phi) is 3.13. The highest BCUT2D eigenvalue weighted by atomic mass is 16.2. The standard InChI is InChI=1S/C16H20N2O2/c1-9-6-12(9)15(17-2)11-5-4-10-8-14(19)18(3)16(20)13(10)7-11/h4-5,7,9,12,15,17H,6,8H2,1-3H3. The molecule has 1 fully saturated rings. The van der Waals surface area contributed by atoms with Crippen LogP contribution in [0.4, 0.5) is 0 Å². The monoisotopic (exact) mass is 272 g/mol. The minimum Gasteiger partial charge on any atom is -0.313 e. The van der Waals surface area contributed by atoms with Crippen LogP contribution in [0.25, 0.3) is 0 Å². The van der Waals surface area contributed by atoms with E-state index in [0.717, 1.165) is 17.0 Å². The van der Waals surface area contributed by atoms with Crippen LogP contribution in [-0.4, -0.2) is 30.8 Å². The molecule has 2 amide bonds. The number of fused-ring (bicyclic) bond motifs is 1. The molecular weight excluding hydrogens is 252 g/mol. The summed E-state index contributed by atoms with van der Waals surface area (Å²) in [4.78, 5) is 25.1. The summed E-state index contributed by atoms with van der Waals surface area (Å²) in [7, 11) is 3.52. The number of rotatable bonds is 3. The molecule has 1 N–H and O–H groups in total. The number of nitrogens with zero attached hydrogens (tertiary/aromatic N) is 1. The van der Waals surface area contributed by atoms with Gasteiger partial charge in [-0.25, -0.2) is 0 Å². The third kappa shape index (κ3) is 2.04. The van der Waals surface area contributed by atoms with Crippen LogP contribution < -0.4 is 5.32 Å². The van der Waals surface area contributed by atoms with Gasteiger partial charge in [0.1, 0.15) is 0 Å². The first-order valence-corrected chi connectivity index (χ1v) is 7.14. The van der Waals surface area contributed by atoms with Crippen molar-refractivity contribution in [1.29, 1.82) is 0 Å². The summed E-state index contributed by atoms with van der Waals surface area (Å²) in [6.45, 7) is 2.25. The maximum atomic E-state index is 12.2. The number of hydrogen-bond donors (Lipinski definition) is 1. The normalized spacial score (nSPS) is 26.4. The van der Waals surface area contributed by atoms with Gasteiger partial charge in [0.15, 0.2) is 0 Å². The molecule has 4 nitrogen and oxygen atoms in total. The van der Waals surface area contributed by atoms with Crippen molar-refractivity contribution < 1.29 is 9.59 Å². The molecule has 1 aromatic carbocycles. The molecule has 0 radical (unpaired) electrons. The first-order valence-electron chi connectivity index (χ1n) is 7.14. The van der Waals surface area contributed by atoms with Crippen LogP contribution in [-0.2, 0) is 11.2 Å². The van der Waals surface area contributed by atoms with Gasteiger partial charge in [0.05, 0.1) is 6.42 Å². The van der Waals surface area contributed by atoms with Crippen molar-refractivity contribution in [1.82, 2.24) is 10.2 Å². The van der Waals surface area contributed by atoms with Gasteiger partial charge in [0, 0.05) is 18.7 Å². The minimum atomic E-state index is -0.184. The lowest BCUT2D eigenvalue weighted by Crippen LogP contribution is -2.39. The van der Waals surface area contributed by atoms with E-state index in [1.807, 2.05) is 19.2 Å². The van der Waals surface area contributed by atoms with Crippen LogP contribution in [0.2, 0.25) is 0 Å². The van der Waals surface area contributed by atoms with Crippen molar-refractivity contribution in [3.05, 3.63) is 34.9 Å². The van der Waals surface area contributed by atoms with Crippen molar-refractivity contribution in [2.24, 2.45) is 11.8 Å². The highest BCUT2D eigenvalue weighted by Gasteiger charge is 2.40. The number of carbonyl (C=O) groups excluding carboxylic acids is 2. The number of likely N-dealkylation sites (N-methyl/N-ethyl adjacent to an activating group) is 1. The third-order valence-electron chi connectivity index (χ3n) is 4.65. The summed E-state index contributed by atoms with van der Waals surface area (Å²) in [6, 6.07) is 6.25. The maximum absolute atomic E-state index is 12.2. The second kappa shape index (κ2) is 4.70. The Morgan fingerprint density at radius 3 is 2.65 bits per heavy atom. The lowest BCUT2D eigenvalue weighted by atomic mass is 9.92. The molecule has 0 saturated heterocycles. The molecule has 3 rings (SSSR count). The Labute approximate surface area is 119 Å². The van der Waals surface area contributed by atoms with Gasteiger partial charge in [-0.15, -0.1) is 0 Å². The van der Waals surface area contributed by atoms with Crippen LogP contribution in [0.3, 0.4) is 0 Å². The van der Waals surface area contributed by atoms with Crippen molar-refractivity contribution in [3.63, 3.8) is 0 Å². The van der Waals surface area contributed by atoms with Crippen LogP contribution in [0.15, 0.2) is 18.2 Å². The molecule has 1 heterocycles. The van der Waals surface area contributed by atoms with E-state index >= 15 is 0 Å². The Morgan fingerprint density at radius 1 is 1.35 bits per heavy atom. The van der Waals surface area contributed by atoms with Crippen molar-refractivity contribution in [2.75, 3.05) is 14.1 Å². The molecule has 3 unspecified atom stereocenters. The summed E-state index contributed by atoms with van der Waals surface area (Å²) >= 11 is 0. The molecule has 1 aliphatic carbocycles. The van der Waals surface area contributed by atoms with Gasteiger partial charge in [-0.3, -0.25) is 14.5 Å². The number of nitrogens with one attached hydrogen (secondary N) is 1. The summed E-state index contributed by atoms with van der Waals surface area (Å²) in [6.07, 6.45) is 1.55. The summed E-state index contributed by atoms with van der Waals surface area (Å²) in [5, 5.41) is 3.36. The number of carbonyl (C=O) groups is 2. The SMILES string of the molecule is CNC(c1ccc2c(c1)C(=O)N(C)C(=O)C2)C1CC1C. The molecule has 0 spiro atoms. The average Bonchev–Trinajstić information content (AvgIpc) is 3.14. The topological polar surface area (TPSA) is 49.4 Å². The van der Waals surface area contributed by atoms with Crippen LogP contribution in [0.5, 0.6) is 0 Å². The molecule has 0 bridgehead atoms. The smallest absolute Gasteiger partial charge is 0.260 e. The van der Waals surface area contributed by atoms with Gasteiger partial charge in [-0.2, -0.15) is 0 Å². The molecule has 1 saturated carbocycles. The van der Waals surface area contributed by atoms with E-state index in [4.69, 9.17) is 0 Å². The predicted molar refractivity (Wildman–Crippen MR) is 76.3 cm³/mol. The lowest BCUT2D eigenvalue weighted by molar-refractivity contribution is -0.127. The van der Waals surface area contributed by atoms with E-state index in [1.54, 1.807) is 7.05 Å². The number of amides is 2. The summed E-state index contributed by atoms with van der Waals surface area (Å²) in [5.41, 5.74) is 2.68. The van der Waals surface area contributed by atoms with Crippen molar-refractivity contribution in [2.45, 2.75) is 25.8 Å². The van der Waals surface area contributed by atoms with E-state index in [9.17, 15) is 9.59 Å². The van der Waals surface area contributed by atoms with E-state index < -0.39 is 0 Å². The second-order valence-corrected chi connectivity index (χ2v) is 5.99. The van der Waals surface area contributed by atoms with Gasteiger partial charge in [-0.05, 0) is 42.5 Å². The van der Waals surface area contributed by atoms with E-state index in [-0.39, 0.29) is 11.8 Å². The molecule has 1 aliphatic heterocycles. The first-order chi connectivity index (χ1) is 9.52. The van der Waals surface area contributed by atoms with E-state index in [2.05, 4.69) is 18.3 Å². The quantitative estimate of drug-likeness (QED) is 0.853. The maximum Gasteiger partial charge on any atom is 0.260 e. The van der Waals surface area contributed by atoms with Gasteiger partial charge in [-0.1, -0.05) is 19.1 Å². The largest absolute Gasteiger partial charge is 0.313 e. The first kappa shape index (κ1) is 13.3. The van der Waals surface area contributed by atoms with Crippen LogP contribution in [0.1, 0.15) is 40.9 Å². The zero-order valence-electron chi connectivity index (χ0n) is 12.1. The Bertz CT molecular complexity index is 582. The minimum absolute atomic E-state index is 0.128. The van der Waals surface area contributed by atoms with Gasteiger partial charge in [0.2, 0.25) is 5.91 Å². The van der Waals surface area contributed by atoms with Crippen LogP contribution >= 0.6 is 0 Å². The summed E-state index contributed by atoms with van der Waals surface area (Å²) in [5.74, 6) is 1.08. The van der Waals surface area contributed by atoms with Gasteiger partial charge >= 0.3 is 0 Å². The zero-order valence-corrected chi connectivity index (χ0v) is 12.1. The summed E-state index contributed by atoms with van der Waals surface area (Å²) < 4.78 is 0. The van der Waals surface area contributed by atoms with Gasteiger partial charge in [0.25, 0.3) is 5.91 Å². The van der Waals surface area contributed by atoms with E-state index in [1.165, 1.54) is 11.3 Å². The molecule has 1 aromatic rings. The number of imide groups is 1. The lowest BCUT2D eigenvalue weighted by Gasteiger charge is -2.25. The second-order valence-electron chi connectivity index (χ2n) is 5.99. The highest BCUT2D eigenvalue weighted by molar-refractivity contribution is 6.09. The number of benzene rings is 1. The van der Waals surface area contributed by atoms with Crippen molar-refractivity contribution in [3.8, 4) is 0 Å². The van der Waals surface area contributed by atoms with Gasteiger partial charge < -0.3 is 5.32 Å².